The molecule has 120 valence electrons. The minimum absolute atomic E-state index is 0.0912. The summed E-state index contributed by atoms with van der Waals surface area (Å²) in [6.07, 6.45) is -0.579. The Labute approximate surface area is 128 Å². The topological polar surface area (TPSA) is 60.7 Å². The maximum atomic E-state index is 9.66. The van der Waals surface area contributed by atoms with Gasteiger partial charge in [0.05, 0.1) is 13.2 Å². The molecule has 2 aliphatic rings. The molecule has 0 radical (unpaired) electrons. The van der Waals surface area contributed by atoms with Crippen LogP contribution in [0.3, 0.4) is 0 Å². The number of ether oxygens (including phenoxy) is 3. The third kappa shape index (κ3) is 3.03. The molecule has 3 unspecified atom stereocenters. The van der Waals surface area contributed by atoms with Gasteiger partial charge in [0.1, 0.15) is 18.3 Å². The second-order valence-corrected chi connectivity index (χ2v) is 12.8. The molecule has 0 aromatic rings. The van der Waals surface area contributed by atoms with Gasteiger partial charge in [0, 0.05) is 0 Å². The van der Waals surface area contributed by atoms with Crippen LogP contribution in [0, 0.1) is 11.3 Å². The lowest BCUT2D eigenvalue weighted by molar-refractivity contribution is -0.189. The van der Waals surface area contributed by atoms with E-state index in [0.29, 0.717) is 6.61 Å². The fourth-order valence-electron chi connectivity index (χ4n) is 2.42. The van der Waals surface area contributed by atoms with Gasteiger partial charge in [-0.2, -0.15) is 5.26 Å². The average Bonchev–Trinajstić information content (AvgIpc) is 2.79. The summed E-state index contributed by atoms with van der Waals surface area (Å²) in [5.41, 5.74) is -1.06. The van der Waals surface area contributed by atoms with Crippen LogP contribution in [0.2, 0.25) is 18.1 Å². The first-order valence-electron chi connectivity index (χ1n) is 7.47. The summed E-state index contributed by atoms with van der Waals surface area (Å²) in [6.45, 7) is 15.2. The minimum Gasteiger partial charge on any atom is -0.413 e. The SMILES string of the molecule is CC1(C)OC2COC(C#N)(CO[Si](C)(C)C(C)(C)C)C2O1. The fourth-order valence-corrected chi connectivity index (χ4v) is 3.43. The Balaban J connectivity index is 2.12. The summed E-state index contributed by atoms with van der Waals surface area (Å²) in [5, 5.41) is 9.75. The second kappa shape index (κ2) is 5.03. The van der Waals surface area contributed by atoms with Crippen molar-refractivity contribution in [2.24, 2.45) is 0 Å². The number of hydrogen-bond acceptors (Lipinski definition) is 5. The predicted molar refractivity (Wildman–Crippen MR) is 81.3 cm³/mol. The normalized spacial score (nSPS) is 35.5. The third-order valence-corrected chi connectivity index (χ3v) is 9.27. The van der Waals surface area contributed by atoms with Gasteiger partial charge < -0.3 is 18.6 Å². The van der Waals surface area contributed by atoms with E-state index in [-0.39, 0.29) is 23.9 Å². The zero-order valence-electron chi connectivity index (χ0n) is 14.1. The van der Waals surface area contributed by atoms with E-state index in [1.807, 2.05) is 13.8 Å². The van der Waals surface area contributed by atoms with E-state index >= 15 is 0 Å². The maximum Gasteiger partial charge on any atom is 0.204 e. The zero-order valence-corrected chi connectivity index (χ0v) is 15.1. The molecule has 0 aromatic heterocycles. The van der Waals surface area contributed by atoms with Crippen molar-refractivity contribution in [1.29, 1.82) is 5.26 Å². The van der Waals surface area contributed by atoms with Crippen molar-refractivity contribution in [3.8, 4) is 6.07 Å². The van der Waals surface area contributed by atoms with Gasteiger partial charge in [0.25, 0.3) is 0 Å². The van der Waals surface area contributed by atoms with Crippen LogP contribution in [0.5, 0.6) is 0 Å². The number of nitrogens with zero attached hydrogens (tertiary/aromatic N) is 1. The Hall–Kier alpha value is -0.453. The van der Waals surface area contributed by atoms with Crippen LogP contribution >= 0.6 is 0 Å². The van der Waals surface area contributed by atoms with Crippen molar-refractivity contribution in [1.82, 2.24) is 0 Å². The zero-order chi connectivity index (χ0) is 16.1. The average molecular weight is 313 g/mol. The maximum absolute atomic E-state index is 9.66. The summed E-state index contributed by atoms with van der Waals surface area (Å²) in [4.78, 5) is 0. The molecule has 0 aromatic carbocycles. The quantitative estimate of drug-likeness (QED) is 0.750. The standard InChI is InChI=1S/C15H27NO4Si/c1-13(2,3)21(6,7)18-10-15(9-16)12-11(8-17-15)19-14(4,5)20-12/h11-12H,8,10H2,1-7H3. The van der Waals surface area contributed by atoms with Gasteiger partial charge in [-0.1, -0.05) is 20.8 Å². The summed E-state index contributed by atoms with van der Waals surface area (Å²) in [7, 11) is -1.94. The molecule has 0 amide bonds. The summed E-state index contributed by atoms with van der Waals surface area (Å²) in [5.74, 6) is -0.668. The Morgan fingerprint density at radius 2 is 1.90 bits per heavy atom. The molecule has 2 saturated heterocycles. The minimum atomic E-state index is -1.94. The third-order valence-electron chi connectivity index (χ3n) is 4.79. The first-order valence-corrected chi connectivity index (χ1v) is 10.4. The molecule has 21 heavy (non-hydrogen) atoms. The van der Waals surface area contributed by atoms with Crippen LogP contribution in [-0.2, 0) is 18.6 Å². The number of hydrogen-bond donors (Lipinski definition) is 0. The molecule has 0 N–H and O–H groups in total. The van der Waals surface area contributed by atoms with Crippen molar-refractivity contribution >= 4 is 8.32 Å². The van der Waals surface area contributed by atoms with Crippen molar-refractivity contribution in [2.45, 2.75) is 76.3 Å². The van der Waals surface area contributed by atoms with Crippen LogP contribution in [-0.4, -0.2) is 45.1 Å². The first kappa shape index (κ1) is 16.9. The monoisotopic (exact) mass is 313 g/mol. The first-order chi connectivity index (χ1) is 9.43. The molecule has 0 saturated carbocycles. The van der Waals surface area contributed by atoms with Crippen molar-refractivity contribution < 1.29 is 18.6 Å². The molecule has 0 aliphatic carbocycles. The van der Waals surface area contributed by atoms with Crippen LogP contribution < -0.4 is 0 Å². The lowest BCUT2D eigenvalue weighted by Gasteiger charge is -2.38. The lowest BCUT2D eigenvalue weighted by atomic mass is 9.98. The van der Waals surface area contributed by atoms with E-state index in [9.17, 15) is 5.26 Å². The molecule has 2 fully saturated rings. The molecular formula is C15H27NO4Si. The Kier molecular flexibility index (Phi) is 4.05. The molecule has 2 aliphatic heterocycles. The molecule has 0 bridgehead atoms. The van der Waals surface area contributed by atoms with Crippen LogP contribution in [0.4, 0.5) is 0 Å². The van der Waals surface area contributed by atoms with E-state index in [0.717, 1.165) is 0 Å². The molecule has 5 nitrogen and oxygen atoms in total. The summed E-state index contributed by atoms with van der Waals surface area (Å²) >= 11 is 0. The van der Waals surface area contributed by atoms with Crippen LogP contribution in [0.15, 0.2) is 0 Å². The van der Waals surface area contributed by atoms with Gasteiger partial charge in [-0.3, -0.25) is 0 Å². The van der Waals surface area contributed by atoms with Gasteiger partial charge in [0.15, 0.2) is 14.1 Å². The van der Waals surface area contributed by atoms with E-state index in [1.54, 1.807) is 0 Å². The van der Waals surface area contributed by atoms with Crippen LogP contribution in [0.1, 0.15) is 34.6 Å². The van der Waals surface area contributed by atoms with E-state index < -0.39 is 19.7 Å². The van der Waals surface area contributed by atoms with Gasteiger partial charge in [-0.15, -0.1) is 0 Å². The van der Waals surface area contributed by atoms with Crippen molar-refractivity contribution in [3.63, 3.8) is 0 Å². The Bertz CT molecular complexity index is 452. The highest BCUT2D eigenvalue weighted by molar-refractivity contribution is 6.74. The Morgan fingerprint density at radius 1 is 1.29 bits per heavy atom. The summed E-state index contributed by atoms with van der Waals surface area (Å²) in [6, 6.07) is 2.28. The molecule has 2 rings (SSSR count). The molecule has 0 spiro atoms. The smallest absolute Gasteiger partial charge is 0.204 e. The van der Waals surface area contributed by atoms with Gasteiger partial charge in [-0.25, -0.2) is 0 Å². The summed E-state index contributed by atoms with van der Waals surface area (Å²) < 4.78 is 23.6. The highest BCUT2D eigenvalue weighted by Crippen LogP contribution is 2.43. The van der Waals surface area contributed by atoms with E-state index in [1.165, 1.54) is 0 Å². The van der Waals surface area contributed by atoms with Gasteiger partial charge in [0.2, 0.25) is 5.60 Å². The van der Waals surface area contributed by atoms with Gasteiger partial charge >= 0.3 is 0 Å². The van der Waals surface area contributed by atoms with Crippen molar-refractivity contribution in [3.05, 3.63) is 0 Å². The second-order valence-electron chi connectivity index (χ2n) is 7.96. The highest BCUT2D eigenvalue weighted by Gasteiger charge is 2.60. The number of fused-ring (bicyclic) bond motifs is 1. The molecule has 6 heteroatoms. The fraction of sp³-hybridized carbons (Fsp3) is 0.933. The molecule has 2 heterocycles. The Morgan fingerprint density at radius 3 is 2.43 bits per heavy atom. The largest absolute Gasteiger partial charge is 0.413 e. The van der Waals surface area contributed by atoms with E-state index in [2.05, 4.69) is 39.9 Å². The lowest BCUT2D eigenvalue weighted by Crippen LogP contribution is -2.51. The molecule has 3 atom stereocenters. The predicted octanol–water partition coefficient (Wildman–Crippen LogP) is 2.82. The number of nitriles is 1. The highest BCUT2D eigenvalue weighted by atomic mass is 28.4. The van der Waals surface area contributed by atoms with Crippen molar-refractivity contribution in [2.75, 3.05) is 13.2 Å². The van der Waals surface area contributed by atoms with Crippen LogP contribution in [0.25, 0.3) is 0 Å². The molecular weight excluding hydrogens is 286 g/mol. The van der Waals surface area contributed by atoms with Gasteiger partial charge in [-0.05, 0) is 32.0 Å². The van der Waals surface area contributed by atoms with E-state index in [4.69, 9.17) is 18.6 Å². The number of rotatable bonds is 3.